The van der Waals surface area contributed by atoms with Crippen LogP contribution in [-0.2, 0) is 16.1 Å². The SMILES string of the molecule is O=C(CCCC1=CNC2C=CC=CC12)CC(=O)Cn1nnc(-c2ccccc2)n1. The molecule has 0 saturated carbocycles. The van der Waals surface area contributed by atoms with Crippen molar-refractivity contribution in [3.05, 3.63) is 66.4 Å². The maximum atomic E-state index is 12.2. The molecule has 7 heteroatoms. The number of rotatable bonds is 9. The molecule has 0 spiro atoms. The Hall–Kier alpha value is -3.35. The number of carbonyl (C=O) groups is 2. The van der Waals surface area contributed by atoms with Crippen LogP contribution in [0.25, 0.3) is 11.4 Å². The summed E-state index contributed by atoms with van der Waals surface area (Å²) in [5.74, 6) is 0.608. The Balaban J connectivity index is 1.20. The summed E-state index contributed by atoms with van der Waals surface area (Å²) in [6.45, 7) is -0.0401. The summed E-state index contributed by atoms with van der Waals surface area (Å²) in [5, 5.41) is 15.5. The molecule has 1 aromatic heterocycles. The fraction of sp³-hybridized carbons (Fsp3) is 0.318. The van der Waals surface area contributed by atoms with Crippen LogP contribution < -0.4 is 5.32 Å². The molecule has 0 amide bonds. The van der Waals surface area contributed by atoms with Crippen molar-refractivity contribution in [2.24, 2.45) is 5.92 Å². The van der Waals surface area contributed by atoms with E-state index < -0.39 is 0 Å². The van der Waals surface area contributed by atoms with E-state index in [-0.39, 0.29) is 24.5 Å². The lowest BCUT2D eigenvalue weighted by Crippen LogP contribution is -2.25. The van der Waals surface area contributed by atoms with Gasteiger partial charge in [-0.05, 0) is 29.8 Å². The number of benzene rings is 1. The first-order valence-electron chi connectivity index (χ1n) is 9.85. The van der Waals surface area contributed by atoms with Crippen molar-refractivity contribution in [2.45, 2.75) is 38.3 Å². The summed E-state index contributed by atoms with van der Waals surface area (Å²) in [7, 11) is 0. The Morgan fingerprint density at radius 1 is 1.07 bits per heavy atom. The van der Waals surface area contributed by atoms with E-state index in [4.69, 9.17) is 0 Å². The second-order valence-electron chi connectivity index (χ2n) is 7.32. The molecular weight excluding hydrogens is 366 g/mol. The molecule has 2 aromatic rings. The van der Waals surface area contributed by atoms with Crippen molar-refractivity contribution in [2.75, 3.05) is 0 Å². The molecule has 0 saturated heterocycles. The highest BCUT2D eigenvalue weighted by atomic mass is 16.1. The van der Waals surface area contributed by atoms with Crippen LogP contribution in [0.15, 0.2) is 66.4 Å². The summed E-state index contributed by atoms with van der Waals surface area (Å²) < 4.78 is 0. The Labute approximate surface area is 169 Å². The molecule has 1 aliphatic carbocycles. The van der Waals surface area contributed by atoms with Gasteiger partial charge in [0, 0.05) is 17.9 Å². The Bertz CT molecular complexity index is 974. The molecule has 29 heavy (non-hydrogen) atoms. The topological polar surface area (TPSA) is 89.8 Å². The zero-order valence-corrected chi connectivity index (χ0v) is 16.1. The number of tetrazole rings is 1. The molecule has 2 unspecified atom stereocenters. The quantitative estimate of drug-likeness (QED) is 0.663. The third-order valence-electron chi connectivity index (χ3n) is 5.14. The average molecular weight is 389 g/mol. The van der Waals surface area contributed by atoms with Gasteiger partial charge in [-0.2, -0.15) is 4.80 Å². The number of nitrogens with one attached hydrogen (secondary N) is 1. The second kappa shape index (κ2) is 8.77. The molecule has 2 atom stereocenters. The van der Waals surface area contributed by atoms with Gasteiger partial charge in [-0.1, -0.05) is 54.6 Å². The van der Waals surface area contributed by atoms with Crippen LogP contribution in [0.3, 0.4) is 0 Å². The molecule has 4 rings (SSSR count). The van der Waals surface area contributed by atoms with Crippen LogP contribution in [0.5, 0.6) is 0 Å². The van der Waals surface area contributed by atoms with Crippen molar-refractivity contribution < 1.29 is 9.59 Å². The highest BCUT2D eigenvalue weighted by Gasteiger charge is 2.26. The number of allylic oxidation sites excluding steroid dienone is 2. The first-order chi connectivity index (χ1) is 14.2. The van der Waals surface area contributed by atoms with Crippen LogP contribution >= 0.6 is 0 Å². The zero-order valence-electron chi connectivity index (χ0n) is 16.1. The van der Waals surface area contributed by atoms with Gasteiger partial charge in [0.05, 0.1) is 12.5 Å². The number of ketones is 2. The predicted octanol–water partition coefficient (Wildman–Crippen LogP) is 2.64. The van der Waals surface area contributed by atoms with Gasteiger partial charge < -0.3 is 5.32 Å². The molecule has 2 heterocycles. The van der Waals surface area contributed by atoms with E-state index in [1.54, 1.807) is 0 Å². The van der Waals surface area contributed by atoms with E-state index in [9.17, 15) is 9.59 Å². The van der Waals surface area contributed by atoms with Crippen molar-refractivity contribution >= 4 is 11.6 Å². The molecule has 2 aliphatic rings. The van der Waals surface area contributed by atoms with E-state index in [1.165, 1.54) is 10.4 Å². The molecule has 1 N–H and O–H groups in total. The Morgan fingerprint density at radius 3 is 2.76 bits per heavy atom. The maximum absolute atomic E-state index is 12.2. The van der Waals surface area contributed by atoms with Gasteiger partial charge in [0.15, 0.2) is 5.78 Å². The molecule has 0 fully saturated rings. The first kappa shape index (κ1) is 19.0. The van der Waals surface area contributed by atoms with Gasteiger partial charge in [-0.15, -0.1) is 10.2 Å². The number of hydrogen-bond acceptors (Lipinski definition) is 6. The lowest BCUT2D eigenvalue weighted by molar-refractivity contribution is -0.127. The number of aromatic nitrogens is 4. The highest BCUT2D eigenvalue weighted by Crippen LogP contribution is 2.29. The average Bonchev–Trinajstić information content (AvgIpc) is 3.36. The van der Waals surface area contributed by atoms with E-state index in [2.05, 4.69) is 45.2 Å². The van der Waals surface area contributed by atoms with Crippen LogP contribution in [0.4, 0.5) is 0 Å². The minimum atomic E-state index is -0.200. The first-order valence-corrected chi connectivity index (χ1v) is 9.85. The number of Topliss-reactive ketones (excluding diaryl/α,β-unsaturated/α-hetero) is 2. The standard InChI is InChI=1S/C22H23N5O2/c28-18(10-6-9-17-14-23-21-12-5-4-11-20(17)21)13-19(29)15-27-25-22(24-26-27)16-7-2-1-3-8-16/h1-5,7-8,11-12,14,20-21,23H,6,9-10,13,15H2. The van der Waals surface area contributed by atoms with Crippen molar-refractivity contribution in [1.29, 1.82) is 0 Å². The van der Waals surface area contributed by atoms with Crippen LogP contribution in [-0.4, -0.2) is 37.8 Å². The van der Waals surface area contributed by atoms with Gasteiger partial charge in [-0.25, -0.2) is 0 Å². The highest BCUT2D eigenvalue weighted by molar-refractivity contribution is 5.98. The van der Waals surface area contributed by atoms with Gasteiger partial charge in [-0.3, -0.25) is 9.59 Å². The molecule has 148 valence electrons. The fourth-order valence-electron chi connectivity index (χ4n) is 3.68. The summed E-state index contributed by atoms with van der Waals surface area (Å²) in [6, 6.07) is 9.78. The predicted molar refractivity (Wildman–Crippen MR) is 109 cm³/mol. The smallest absolute Gasteiger partial charge is 0.204 e. The molecule has 1 aromatic carbocycles. The lowest BCUT2D eigenvalue weighted by Gasteiger charge is -2.18. The maximum Gasteiger partial charge on any atom is 0.204 e. The lowest BCUT2D eigenvalue weighted by atomic mass is 9.88. The van der Waals surface area contributed by atoms with Gasteiger partial charge in [0.2, 0.25) is 5.82 Å². The zero-order chi connectivity index (χ0) is 20.1. The molecular formula is C22H23N5O2. The third kappa shape index (κ3) is 4.74. The van der Waals surface area contributed by atoms with Crippen LogP contribution in [0.2, 0.25) is 0 Å². The Kier molecular flexibility index (Phi) is 5.74. The second-order valence-corrected chi connectivity index (χ2v) is 7.32. The van der Waals surface area contributed by atoms with E-state index in [1.807, 2.05) is 36.4 Å². The molecule has 0 radical (unpaired) electrons. The Morgan fingerprint density at radius 2 is 1.90 bits per heavy atom. The van der Waals surface area contributed by atoms with E-state index >= 15 is 0 Å². The van der Waals surface area contributed by atoms with Gasteiger partial charge >= 0.3 is 0 Å². The molecule has 7 nitrogen and oxygen atoms in total. The van der Waals surface area contributed by atoms with Crippen molar-refractivity contribution in [1.82, 2.24) is 25.5 Å². The summed E-state index contributed by atoms with van der Waals surface area (Å²) in [4.78, 5) is 25.6. The van der Waals surface area contributed by atoms with Crippen molar-refractivity contribution in [3.63, 3.8) is 0 Å². The normalized spacial score (nSPS) is 19.5. The fourth-order valence-corrected chi connectivity index (χ4v) is 3.68. The number of hydrogen-bond donors (Lipinski definition) is 1. The van der Waals surface area contributed by atoms with E-state index in [0.717, 1.165) is 18.4 Å². The summed E-state index contributed by atoms with van der Waals surface area (Å²) >= 11 is 0. The van der Waals surface area contributed by atoms with Crippen LogP contribution in [0.1, 0.15) is 25.7 Å². The van der Waals surface area contributed by atoms with E-state index in [0.29, 0.717) is 24.2 Å². The molecule has 0 bridgehead atoms. The summed E-state index contributed by atoms with van der Waals surface area (Å²) in [6.07, 6.45) is 12.4. The number of nitrogens with zero attached hydrogens (tertiary/aromatic N) is 4. The minimum Gasteiger partial charge on any atom is -0.384 e. The third-order valence-corrected chi connectivity index (χ3v) is 5.14. The van der Waals surface area contributed by atoms with Crippen molar-refractivity contribution in [3.8, 4) is 11.4 Å². The summed E-state index contributed by atoms with van der Waals surface area (Å²) in [5.41, 5.74) is 2.15. The molecule has 1 aliphatic heterocycles. The number of carbonyl (C=O) groups excluding carboxylic acids is 2. The van der Waals surface area contributed by atoms with Gasteiger partial charge in [0.1, 0.15) is 12.3 Å². The van der Waals surface area contributed by atoms with Gasteiger partial charge in [0.25, 0.3) is 0 Å². The number of fused-ring (bicyclic) bond motifs is 1. The largest absolute Gasteiger partial charge is 0.384 e. The van der Waals surface area contributed by atoms with Crippen LogP contribution in [0, 0.1) is 5.92 Å². The monoisotopic (exact) mass is 389 g/mol. The minimum absolute atomic E-state index is 0.0401.